The van der Waals surface area contributed by atoms with Crippen LogP contribution in [-0.4, -0.2) is 16.8 Å². The van der Waals surface area contributed by atoms with Crippen molar-refractivity contribution >= 4 is 29.2 Å². The number of aromatic nitrogens is 1. The Morgan fingerprint density at radius 3 is 1.64 bits per heavy atom. The van der Waals surface area contributed by atoms with Crippen LogP contribution in [0.3, 0.4) is 0 Å². The van der Waals surface area contributed by atoms with E-state index in [4.69, 9.17) is 11.6 Å². The van der Waals surface area contributed by atoms with E-state index in [1.54, 1.807) is 12.1 Å². The van der Waals surface area contributed by atoms with Crippen molar-refractivity contribution in [2.24, 2.45) is 11.8 Å². The van der Waals surface area contributed by atoms with Gasteiger partial charge in [0.2, 0.25) is 11.8 Å². The van der Waals surface area contributed by atoms with Crippen LogP contribution in [0.1, 0.15) is 34.1 Å². The number of carbonyl (C=O) groups is 2. The van der Waals surface area contributed by atoms with Crippen molar-refractivity contribution in [3.8, 4) is 0 Å². The fourth-order valence-corrected chi connectivity index (χ4v) is 5.57. The molecule has 28 heavy (non-hydrogen) atoms. The molecule has 0 N–H and O–H groups in total. The van der Waals surface area contributed by atoms with E-state index in [9.17, 15) is 9.59 Å². The fourth-order valence-electron chi connectivity index (χ4n) is 5.42. The van der Waals surface area contributed by atoms with Crippen LogP contribution < -0.4 is 4.90 Å². The largest absolute Gasteiger partial charge is 0.274 e. The molecule has 1 saturated heterocycles. The molecule has 2 atom stereocenters. The molecule has 0 saturated carbocycles. The number of pyridine rings is 1. The molecule has 4 aliphatic rings. The van der Waals surface area contributed by atoms with Gasteiger partial charge in [-0.15, -0.1) is 0 Å². The lowest BCUT2D eigenvalue weighted by atomic mass is 9.55. The van der Waals surface area contributed by atoms with Gasteiger partial charge in [-0.25, -0.2) is 9.88 Å². The first kappa shape index (κ1) is 16.0. The van der Waals surface area contributed by atoms with Crippen LogP contribution in [0, 0.1) is 11.8 Å². The van der Waals surface area contributed by atoms with E-state index in [0.717, 1.165) is 22.3 Å². The van der Waals surface area contributed by atoms with Gasteiger partial charge in [-0.2, -0.15) is 0 Å². The molecule has 2 heterocycles. The van der Waals surface area contributed by atoms with Gasteiger partial charge in [-0.1, -0.05) is 60.1 Å². The number of hydrogen-bond donors (Lipinski definition) is 0. The van der Waals surface area contributed by atoms with Crippen molar-refractivity contribution in [3.63, 3.8) is 0 Å². The van der Waals surface area contributed by atoms with E-state index in [-0.39, 0.29) is 23.7 Å². The van der Waals surface area contributed by atoms with Gasteiger partial charge in [0.25, 0.3) is 0 Å². The number of imide groups is 1. The minimum Gasteiger partial charge on any atom is -0.274 e. The van der Waals surface area contributed by atoms with Crippen molar-refractivity contribution in [2.45, 2.75) is 11.8 Å². The molecule has 2 amide bonds. The number of benzene rings is 2. The molecule has 0 radical (unpaired) electrons. The van der Waals surface area contributed by atoms with Gasteiger partial charge in [0, 0.05) is 29.1 Å². The second kappa shape index (κ2) is 5.52. The van der Waals surface area contributed by atoms with E-state index < -0.39 is 11.8 Å². The van der Waals surface area contributed by atoms with Gasteiger partial charge >= 0.3 is 0 Å². The van der Waals surface area contributed by atoms with Gasteiger partial charge < -0.3 is 0 Å². The summed E-state index contributed by atoms with van der Waals surface area (Å²) in [4.78, 5) is 32.5. The quantitative estimate of drug-likeness (QED) is 0.591. The lowest BCUT2D eigenvalue weighted by Gasteiger charge is -2.45. The predicted octanol–water partition coefficient (Wildman–Crippen LogP) is 4.13. The maximum Gasteiger partial charge on any atom is 0.239 e. The van der Waals surface area contributed by atoms with Crippen molar-refractivity contribution in [1.29, 1.82) is 0 Å². The zero-order valence-corrected chi connectivity index (χ0v) is 15.5. The first-order valence-corrected chi connectivity index (χ1v) is 9.71. The Kier molecular flexibility index (Phi) is 3.16. The number of amides is 2. The maximum absolute atomic E-state index is 13.5. The third-order valence-electron chi connectivity index (χ3n) is 6.39. The van der Waals surface area contributed by atoms with Crippen molar-refractivity contribution in [3.05, 3.63) is 94.1 Å². The highest BCUT2D eigenvalue weighted by molar-refractivity contribution is 6.31. The minimum absolute atomic E-state index is 0.108. The Morgan fingerprint density at radius 2 is 1.21 bits per heavy atom. The summed E-state index contributed by atoms with van der Waals surface area (Å²) in [6, 6.07) is 19.6. The third kappa shape index (κ3) is 1.88. The summed E-state index contributed by atoms with van der Waals surface area (Å²) in [6.45, 7) is 0. The average Bonchev–Trinajstić information content (AvgIpc) is 2.99. The number of nitrogens with zero attached hydrogens (tertiary/aromatic N) is 2. The molecule has 1 aliphatic heterocycles. The lowest BCUT2D eigenvalue weighted by Crippen LogP contribution is -2.41. The molecule has 1 aromatic heterocycles. The molecule has 1 fully saturated rings. The zero-order chi connectivity index (χ0) is 19.0. The molecule has 0 spiro atoms. The highest BCUT2D eigenvalue weighted by atomic mass is 35.5. The van der Waals surface area contributed by atoms with Crippen molar-refractivity contribution in [2.75, 3.05) is 4.90 Å². The third-order valence-corrected chi connectivity index (χ3v) is 6.62. The normalized spacial score (nSPS) is 26.8. The number of anilines is 1. The Labute approximate surface area is 166 Å². The number of hydrogen-bond acceptors (Lipinski definition) is 3. The van der Waals surface area contributed by atoms with Crippen LogP contribution in [0.2, 0.25) is 5.02 Å². The van der Waals surface area contributed by atoms with Gasteiger partial charge in [-0.3, -0.25) is 9.59 Å². The summed E-state index contributed by atoms with van der Waals surface area (Å²) in [7, 11) is 0. The second-order valence-electron chi connectivity index (χ2n) is 7.61. The first-order chi connectivity index (χ1) is 13.7. The molecule has 2 unspecified atom stereocenters. The number of halogens is 1. The Bertz CT molecular complexity index is 1060. The molecule has 3 aromatic rings. The van der Waals surface area contributed by atoms with E-state index in [1.807, 2.05) is 24.3 Å². The summed E-state index contributed by atoms with van der Waals surface area (Å²) in [5.74, 6) is -1.06. The number of carbonyl (C=O) groups excluding carboxylic acids is 2. The molecule has 5 heteroatoms. The topological polar surface area (TPSA) is 50.3 Å². The summed E-state index contributed by atoms with van der Waals surface area (Å²) in [6.07, 6.45) is 1.53. The molecule has 2 aromatic carbocycles. The van der Waals surface area contributed by atoms with Gasteiger partial charge in [-0.05, 0) is 28.3 Å². The SMILES string of the molecule is O=C1C2C3c4ccccc4C(c4ccccc43)C2C(=O)N1c1cc(Cl)ccn1. The maximum atomic E-state index is 13.5. The molecular formula is C23H15ClN2O2. The molecule has 4 nitrogen and oxygen atoms in total. The summed E-state index contributed by atoms with van der Waals surface area (Å²) >= 11 is 6.10. The lowest BCUT2D eigenvalue weighted by molar-refractivity contribution is -0.122. The molecule has 7 rings (SSSR count). The monoisotopic (exact) mass is 386 g/mol. The van der Waals surface area contributed by atoms with E-state index >= 15 is 0 Å². The van der Waals surface area contributed by atoms with E-state index in [1.165, 1.54) is 11.1 Å². The highest BCUT2D eigenvalue weighted by Crippen LogP contribution is 2.61. The summed E-state index contributed by atoms with van der Waals surface area (Å²) < 4.78 is 0. The standard InChI is InChI=1S/C23H15ClN2O2/c24-12-9-10-25-17(11-12)26-22(27)20-18-13-5-1-2-6-14(13)19(21(20)23(26)28)16-8-4-3-7-15(16)18/h1-11,18-21H. The van der Waals surface area contributed by atoms with E-state index in [2.05, 4.69) is 29.2 Å². The molecular weight excluding hydrogens is 372 g/mol. The van der Waals surface area contributed by atoms with Crippen molar-refractivity contribution < 1.29 is 9.59 Å². The summed E-state index contributed by atoms with van der Waals surface area (Å²) in [5.41, 5.74) is 4.65. The van der Waals surface area contributed by atoms with Crippen LogP contribution in [0.25, 0.3) is 0 Å². The van der Waals surface area contributed by atoms with Crippen LogP contribution in [0.15, 0.2) is 66.9 Å². The zero-order valence-electron chi connectivity index (χ0n) is 14.7. The highest BCUT2D eigenvalue weighted by Gasteiger charge is 2.62. The predicted molar refractivity (Wildman–Crippen MR) is 105 cm³/mol. The minimum atomic E-state index is -0.400. The van der Waals surface area contributed by atoms with Gasteiger partial charge in [0.15, 0.2) is 0 Å². The average molecular weight is 387 g/mol. The van der Waals surface area contributed by atoms with Crippen molar-refractivity contribution in [1.82, 2.24) is 4.98 Å². The molecule has 136 valence electrons. The van der Waals surface area contributed by atoms with E-state index in [0.29, 0.717) is 10.8 Å². The Balaban J connectivity index is 1.58. The fraction of sp³-hybridized carbons (Fsp3) is 0.174. The summed E-state index contributed by atoms with van der Waals surface area (Å²) in [5, 5.41) is 0.454. The van der Waals surface area contributed by atoms with Gasteiger partial charge in [0.05, 0.1) is 11.8 Å². The van der Waals surface area contributed by atoms with Crippen LogP contribution in [0.4, 0.5) is 5.82 Å². The Morgan fingerprint density at radius 1 is 0.750 bits per heavy atom. The molecule has 3 aliphatic carbocycles. The molecule has 2 bridgehead atoms. The second-order valence-corrected chi connectivity index (χ2v) is 8.05. The van der Waals surface area contributed by atoms with Crippen LogP contribution in [-0.2, 0) is 9.59 Å². The van der Waals surface area contributed by atoms with Gasteiger partial charge in [0.1, 0.15) is 5.82 Å². The smallest absolute Gasteiger partial charge is 0.239 e. The van der Waals surface area contributed by atoms with Crippen LogP contribution in [0.5, 0.6) is 0 Å². The first-order valence-electron chi connectivity index (χ1n) is 9.34. The van der Waals surface area contributed by atoms with Crippen LogP contribution >= 0.6 is 11.6 Å². The number of rotatable bonds is 1. The Hall–Kier alpha value is -2.98.